The molecule has 1 atom stereocenters. The molecule has 2 amide bonds. The molecular formula is C23H31N3O4S. The van der Waals surface area contributed by atoms with Gasteiger partial charge in [0.05, 0.1) is 11.9 Å². The third-order valence-corrected chi connectivity index (χ3v) is 6.14. The zero-order valence-corrected chi connectivity index (χ0v) is 19.6. The fraction of sp³-hybridized carbons (Fsp3) is 0.391. The van der Waals surface area contributed by atoms with Gasteiger partial charge in [0.25, 0.3) is 0 Å². The Balaban J connectivity index is 2.40. The molecule has 8 heteroatoms. The number of rotatable bonds is 9. The zero-order chi connectivity index (χ0) is 23.2. The van der Waals surface area contributed by atoms with Gasteiger partial charge in [-0.15, -0.1) is 0 Å². The maximum absolute atomic E-state index is 13.4. The lowest BCUT2D eigenvalue weighted by Gasteiger charge is -2.31. The van der Waals surface area contributed by atoms with Crippen molar-refractivity contribution in [2.24, 2.45) is 0 Å². The average Bonchev–Trinajstić information content (AvgIpc) is 2.69. The molecule has 0 saturated carbocycles. The summed E-state index contributed by atoms with van der Waals surface area (Å²) in [5.41, 5.74) is 3.08. The quantitative estimate of drug-likeness (QED) is 0.643. The van der Waals surface area contributed by atoms with Crippen LogP contribution in [0.2, 0.25) is 0 Å². The van der Waals surface area contributed by atoms with Crippen molar-refractivity contribution in [3.8, 4) is 0 Å². The Morgan fingerprint density at radius 2 is 1.74 bits per heavy atom. The van der Waals surface area contributed by atoms with E-state index >= 15 is 0 Å². The van der Waals surface area contributed by atoms with E-state index in [1.807, 2.05) is 37.3 Å². The fourth-order valence-electron chi connectivity index (χ4n) is 3.35. The van der Waals surface area contributed by atoms with Crippen molar-refractivity contribution in [3.63, 3.8) is 0 Å². The first-order valence-corrected chi connectivity index (χ1v) is 12.1. The molecule has 2 aromatic carbocycles. The Morgan fingerprint density at radius 3 is 2.32 bits per heavy atom. The third kappa shape index (κ3) is 6.55. The first-order valence-electron chi connectivity index (χ1n) is 10.2. The van der Waals surface area contributed by atoms with Crippen LogP contribution in [0.25, 0.3) is 0 Å². The number of benzene rings is 2. The first-order chi connectivity index (χ1) is 14.5. The van der Waals surface area contributed by atoms with Crippen LogP contribution in [0.4, 0.5) is 5.69 Å². The Labute approximate surface area is 185 Å². The summed E-state index contributed by atoms with van der Waals surface area (Å²) in [4.78, 5) is 27.3. The molecule has 0 bridgehead atoms. The first kappa shape index (κ1) is 24.4. The van der Waals surface area contributed by atoms with E-state index in [2.05, 4.69) is 5.32 Å². The van der Waals surface area contributed by atoms with Crippen molar-refractivity contribution in [2.75, 3.05) is 23.7 Å². The largest absolute Gasteiger partial charge is 0.355 e. The molecule has 0 saturated heterocycles. The van der Waals surface area contributed by atoms with Crippen LogP contribution in [-0.2, 0) is 26.2 Å². The highest BCUT2D eigenvalue weighted by Crippen LogP contribution is 2.23. The molecule has 0 aliphatic heterocycles. The molecular weight excluding hydrogens is 414 g/mol. The van der Waals surface area contributed by atoms with Gasteiger partial charge in [-0.25, -0.2) is 8.42 Å². The minimum Gasteiger partial charge on any atom is -0.355 e. The van der Waals surface area contributed by atoms with Gasteiger partial charge in [-0.3, -0.25) is 13.9 Å². The molecule has 0 aromatic heterocycles. The van der Waals surface area contributed by atoms with Gasteiger partial charge in [-0.1, -0.05) is 48.0 Å². The number of amides is 2. The van der Waals surface area contributed by atoms with Gasteiger partial charge in [-0.05, 0) is 44.9 Å². The van der Waals surface area contributed by atoms with E-state index in [0.29, 0.717) is 12.2 Å². The van der Waals surface area contributed by atoms with Gasteiger partial charge in [0.15, 0.2) is 0 Å². The molecule has 0 unspecified atom stereocenters. The molecule has 7 nitrogen and oxygen atoms in total. The summed E-state index contributed by atoms with van der Waals surface area (Å²) in [5, 5.41) is 2.74. The average molecular weight is 446 g/mol. The summed E-state index contributed by atoms with van der Waals surface area (Å²) in [7, 11) is -3.72. The van der Waals surface area contributed by atoms with E-state index in [-0.39, 0.29) is 19.0 Å². The van der Waals surface area contributed by atoms with E-state index in [1.165, 1.54) is 4.90 Å². The van der Waals surface area contributed by atoms with Crippen molar-refractivity contribution in [1.29, 1.82) is 0 Å². The molecule has 0 heterocycles. The second-order valence-electron chi connectivity index (χ2n) is 7.64. The lowest BCUT2D eigenvalue weighted by Crippen LogP contribution is -2.51. The second kappa shape index (κ2) is 10.4. The minimum atomic E-state index is -3.72. The van der Waals surface area contributed by atoms with Gasteiger partial charge in [0.1, 0.15) is 12.6 Å². The van der Waals surface area contributed by atoms with Crippen molar-refractivity contribution in [2.45, 2.75) is 40.3 Å². The van der Waals surface area contributed by atoms with Crippen LogP contribution in [-0.4, -0.2) is 50.5 Å². The van der Waals surface area contributed by atoms with E-state index in [1.54, 1.807) is 39.0 Å². The number of aryl methyl sites for hydroxylation is 2. The number of carbonyl (C=O) groups is 2. The monoisotopic (exact) mass is 445 g/mol. The van der Waals surface area contributed by atoms with Gasteiger partial charge in [0.2, 0.25) is 21.8 Å². The van der Waals surface area contributed by atoms with Gasteiger partial charge < -0.3 is 10.2 Å². The third-order valence-electron chi connectivity index (χ3n) is 5.02. The smallest absolute Gasteiger partial charge is 0.244 e. The van der Waals surface area contributed by atoms with E-state index in [4.69, 9.17) is 0 Å². The van der Waals surface area contributed by atoms with Crippen molar-refractivity contribution in [1.82, 2.24) is 10.2 Å². The van der Waals surface area contributed by atoms with Crippen LogP contribution < -0.4 is 9.62 Å². The summed E-state index contributed by atoms with van der Waals surface area (Å²) in [6.45, 7) is 7.45. The van der Waals surface area contributed by atoms with Crippen molar-refractivity contribution < 1.29 is 18.0 Å². The summed E-state index contributed by atoms with van der Waals surface area (Å²) in [5.74, 6) is -0.737. The highest BCUT2D eigenvalue weighted by molar-refractivity contribution is 7.92. The molecule has 0 spiro atoms. The van der Waals surface area contributed by atoms with Crippen LogP contribution in [0.5, 0.6) is 0 Å². The second-order valence-corrected chi connectivity index (χ2v) is 9.54. The number of likely N-dealkylation sites (N-methyl/N-ethyl adjacent to an activating group) is 1. The van der Waals surface area contributed by atoms with E-state index in [0.717, 1.165) is 27.3 Å². The highest BCUT2D eigenvalue weighted by atomic mass is 32.2. The highest BCUT2D eigenvalue weighted by Gasteiger charge is 2.30. The molecule has 2 rings (SSSR count). The number of para-hydroxylation sites is 1. The minimum absolute atomic E-state index is 0.199. The molecule has 31 heavy (non-hydrogen) atoms. The Bertz CT molecular complexity index is 1040. The molecule has 2 aromatic rings. The molecule has 1 N–H and O–H groups in total. The van der Waals surface area contributed by atoms with E-state index in [9.17, 15) is 18.0 Å². The van der Waals surface area contributed by atoms with Crippen LogP contribution in [0.1, 0.15) is 30.5 Å². The number of nitrogens with zero attached hydrogens (tertiary/aromatic N) is 2. The SMILES string of the molecule is CCNC(=O)[C@H](C)N(Cc1cccc(C)c1)C(=O)CN(c1ccccc1C)S(C)(=O)=O. The number of carbonyl (C=O) groups excluding carboxylic acids is 2. The van der Waals surface area contributed by atoms with Crippen LogP contribution in [0.3, 0.4) is 0 Å². The number of sulfonamides is 1. The number of nitrogens with one attached hydrogen (secondary N) is 1. The van der Waals surface area contributed by atoms with Gasteiger partial charge >= 0.3 is 0 Å². The van der Waals surface area contributed by atoms with Gasteiger partial charge in [-0.2, -0.15) is 0 Å². The zero-order valence-electron chi connectivity index (χ0n) is 18.8. The molecule has 0 radical (unpaired) electrons. The van der Waals surface area contributed by atoms with Crippen molar-refractivity contribution >= 4 is 27.5 Å². The molecule has 0 fully saturated rings. The maximum Gasteiger partial charge on any atom is 0.244 e. The number of anilines is 1. The Hall–Kier alpha value is -2.87. The lowest BCUT2D eigenvalue weighted by atomic mass is 10.1. The molecule has 0 aliphatic rings. The van der Waals surface area contributed by atoms with Crippen LogP contribution in [0, 0.1) is 13.8 Å². The summed E-state index contributed by atoms with van der Waals surface area (Å²) >= 11 is 0. The van der Waals surface area contributed by atoms with E-state index < -0.39 is 22.0 Å². The number of hydrogen-bond acceptors (Lipinski definition) is 4. The lowest BCUT2D eigenvalue weighted by molar-refractivity contribution is -0.139. The number of hydrogen-bond donors (Lipinski definition) is 1. The van der Waals surface area contributed by atoms with Crippen LogP contribution >= 0.6 is 0 Å². The van der Waals surface area contributed by atoms with Crippen molar-refractivity contribution in [3.05, 3.63) is 65.2 Å². The standard InChI is InChI=1S/C23H31N3O4S/c1-6-24-23(28)19(4)25(15-20-12-9-10-17(2)14-20)22(27)16-26(31(5,29)30)21-13-8-7-11-18(21)3/h7-14,19H,6,15-16H2,1-5H3,(H,24,28)/t19-/m0/s1. The topological polar surface area (TPSA) is 86.8 Å². The summed E-state index contributed by atoms with van der Waals surface area (Å²) < 4.78 is 26.2. The fourth-order valence-corrected chi connectivity index (χ4v) is 4.26. The Morgan fingerprint density at radius 1 is 1.06 bits per heavy atom. The molecule has 0 aliphatic carbocycles. The maximum atomic E-state index is 13.4. The molecule has 168 valence electrons. The predicted octanol–water partition coefficient (Wildman–Crippen LogP) is 2.62. The predicted molar refractivity (Wildman–Crippen MR) is 123 cm³/mol. The summed E-state index contributed by atoms with van der Waals surface area (Å²) in [6.07, 6.45) is 1.07. The normalized spacial score (nSPS) is 12.2. The van der Waals surface area contributed by atoms with Crippen LogP contribution in [0.15, 0.2) is 48.5 Å². The Kier molecular flexibility index (Phi) is 8.21. The van der Waals surface area contributed by atoms with Gasteiger partial charge in [0, 0.05) is 13.1 Å². The summed E-state index contributed by atoms with van der Waals surface area (Å²) in [6, 6.07) is 13.9.